The van der Waals surface area contributed by atoms with Crippen LogP contribution in [-0.4, -0.2) is 24.9 Å². The molecule has 1 aromatic carbocycles. The number of allylic oxidation sites excluding steroid dienone is 2. The van der Waals surface area contributed by atoms with Gasteiger partial charge in [0.25, 0.3) is 0 Å². The van der Waals surface area contributed by atoms with Crippen molar-refractivity contribution in [2.75, 3.05) is 13.7 Å². The highest BCUT2D eigenvalue weighted by Crippen LogP contribution is 2.11. The largest absolute Gasteiger partial charge is 0.497 e. The SMILES string of the molecule is CC[C@H](O)C/C=C\C/C=C\CCOCc1ccc(OC)cc1. The quantitative estimate of drug-likeness (QED) is 0.490. The summed E-state index contributed by atoms with van der Waals surface area (Å²) in [5.41, 5.74) is 1.15. The summed E-state index contributed by atoms with van der Waals surface area (Å²) in [6.45, 7) is 3.35. The molecule has 22 heavy (non-hydrogen) atoms. The average molecular weight is 304 g/mol. The van der Waals surface area contributed by atoms with Gasteiger partial charge < -0.3 is 14.6 Å². The molecule has 0 aliphatic heterocycles. The molecule has 1 atom stereocenters. The van der Waals surface area contributed by atoms with Crippen molar-refractivity contribution in [1.82, 2.24) is 0 Å². The Balaban J connectivity index is 2.03. The van der Waals surface area contributed by atoms with E-state index in [4.69, 9.17) is 9.47 Å². The monoisotopic (exact) mass is 304 g/mol. The van der Waals surface area contributed by atoms with E-state index in [0.717, 1.165) is 43.6 Å². The summed E-state index contributed by atoms with van der Waals surface area (Å²) in [6, 6.07) is 7.93. The van der Waals surface area contributed by atoms with Crippen molar-refractivity contribution >= 4 is 0 Å². The molecule has 1 rings (SSSR count). The Hall–Kier alpha value is -1.58. The van der Waals surface area contributed by atoms with Crippen LogP contribution in [0, 0.1) is 0 Å². The zero-order valence-electron chi connectivity index (χ0n) is 13.7. The standard InChI is InChI=1S/C19H28O3/c1-3-18(20)10-8-6-4-5-7-9-15-22-16-17-11-13-19(21-2)14-12-17/h5-8,11-14,18,20H,3-4,9-10,15-16H2,1-2H3/b7-5-,8-6-/t18-/m0/s1. The molecule has 0 spiro atoms. The summed E-state index contributed by atoms with van der Waals surface area (Å²) in [7, 11) is 1.67. The lowest BCUT2D eigenvalue weighted by Crippen LogP contribution is -2.00. The van der Waals surface area contributed by atoms with Gasteiger partial charge in [0.1, 0.15) is 5.75 Å². The lowest BCUT2D eigenvalue weighted by atomic mass is 10.2. The third-order valence-electron chi connectivity index (χ3n) is 3.34. The first kappa shape index (κ1) is 18.5. The van der Waals surface area contributed by atoms with Crippen molar-refractivity contribution < 1.29 is 14.6 Å². The van der Waals surface area contributed by atoms with Gasteiger partial charge in [-0.3, -0.25) is 0 Å². The van der Waals surface area contributed by atoms with Gasteiger partial charge in [-0.2, -0.15) is 0 Å². The van der Waals surface area contributed by atoms with Crippen molar-refractivity contribution in [3.8, 4) is 5.75 Å². The average Bonchev–Trinajstić information content (AvgIpc) is 2.56. The van der Waals surface area contributed by atoms with Gasteiger partial charge in [0.05, 0.1) is 26.4 Å². The van der Waals surface area contributed by atoms with E-state index < -0.39 is 0 Å². The Morgan fingerprint density at radius 2 is 1.82 bits per heavy atom. The zero-order chi connectivity index (χ0) is 16.0. The van der Waals surface area contributed by atoms with Gasteiger partial charge >= 0.3 is 0 Å². The second-order valence-corrected chi connectivity index (χ2v) is 5.17. The van der Waals surface area contributed by atoms with Crippen LogP contribution in [0.3, 0.4) is 0 Å². The fraction of sp³-hybridized carbons (Fsp3) is 0.474. The molecular formula is C19H28O3. The molecule has 1 aromatic rings. The van der Waals surface area contributed by atoms with Crippen LogP contribution in [0.2, 0.25) is 0 Å². The van der Waals surface area contributed by atoms with E-state index in [1.165, 1.54) is 0 Å². The lowest BCUT2D eigenvalue weighted by Gasteiger charge is -2.04. The first-order valence-electron chi connectivity index (χ1n) is 7.95. The Bertz CT molecular complexity index is 434. The van der Waals surface area contributed by atoms with Crippen molar-refractivity contribution in [2.24, 2.45) is 0 Å². The maximum absolute atomic E-state index is 9.39. The van der Waals surface area contributed by atoms with Crippen LogP contribution in [0.25, 0.3) is 0 Å². The van der Waals surface area contributed by atoms with E-state index >= 15 is 0 Å². The maximum Gasteiger partial charge on any atom is 0.118 e. The number of methoxy groups -OCH3 is 1. The molecule has 0 saturated heterocycles. The lowest BCUT2D eigenvalue weighted by molar-refractivity contribution is 0.125. The third kappa shape index (κ3) is 8.65. The second kappa shape index (κ2) is 12.0. The number of rotatable bonds is 11. The summed E-state index contributed by atoms with van der Waals surface area (Å²) in [5.74, 6) is 0.867. The van der Waals surface area contributed by atoms with Crippen molar-refractivity contribution in [3.05, 3.63) is 54.1 Å². The number of aliphatic hydroxyl groups is 1. The Morgan fingerprint density at radius 1 is 1.09 bits per heavy atom. The maximum atomic E-state index is 9.39. The first-order chi connectivity index (χ1) is 10.8. The van der Waals surface area contributed by atoms with Gasteiger partial charge in [0.15, 0.2) is 0 Å². The molecule has 0 unspecified atom stereocenters. The molecule has 0 aliphatic carbocycles. The van der Waals surface area contributed by atoms with Gasteiger partial charge in [0.2, 0.25) is 0 Å². The van der Waals surface area contributed by atoms with E-state index in [9.17, 15) is 5.11 Å². The van der Waals surface area contributed by atoms with Crippen molar-refractivity contribution in [1.29, 1.82) is 0 Å². The minimum absolute atomic E-state index is 0.202. The number of aliphatic hydroxyl groups excluding tert-OH is 1. The van der Waals surface area contributed by atoms with Gasteiger partial charge in [-0.15, -0.1) is 0 Å². The molecule has 0 bridgehead atoms. The second-order valence-electron chi connectivity index (χ2n) is 5.17. The fourth-order valence-electron chi connectivity index (χ4n) is 1.87. The minimum atomic E-state index is -0.202. The third-order valence-corrected chi connectivity index (χ3v) is 3.34. The molecule has 0 aliphatic rings. The Morgan fingerprint density at radius 3 is 2.50 bits per heavy atom. The highest BCUT2D eigenvalue weighted by molar-refractivity contribution is 5.26. The zero-order valence-corrected chi connectivity index (χ0v) is 13.7. The van der Waals surface area contributed by atoms with Gasteiger partial charge in [-0.25, -0.2) is 0 Å². The number of ether oxygens (including phenoxy) is 2. The van der Waals surface area contributed by atoms with Gasteiger partial charge in [-0.05, 0) is 43.4 Å². The first-order valence-corrected chi connectivity index (χ1v) is 7.95. The summed E-state index contributed by atoms with van der Waals surface area (Å²) in [4.78, 5) is 0. The number of hydrogen-bond donors (Lipinski definition) is 1. The van der Waals surface area contributed by atoms with Crippen LogP contribution in [0.15, 0.2) is 48.6 Å². The van der Waals surface area contributed by atoms with E-state index in [1.807, 2.05) is 37.3 Å². The molecule has 1 N–H and O–H groups in total. The molecule has 0 radical (unpaired) electrons. The molecule has 0 aromatic heterocycles. The van der Waals surface area contributed by atoms with Gasteiger partial charge in [-0.1, -0.05) is 43.4 Å². The molecule has 3 heteroatoms. The van der Waals surface area contributed by atoms with Crippen molar-refractivity contribution in [3.63, 3.8) is 0 Å². The summed E-state index contributed by atoms with van der Waals surface area (Å²) >= 11 is 0. The van der Waals surface area contributed by atoms with E-state index in [2.05, 4.69) is 18.2 Å². The molecule has 0 fully saturated rings. The molecule has 3 nitrogen and oxygen atoms in total. The van der Waals surface area contributed by atoms with Crippen LogP contribution in [0.1, 0.15) is 38.2 Å². The van der Waals surface area contributed by atoms with Crippen LogP contribution in [0.4, 0.5) is 0 Å². The van der Waals surface area contributed by atoms with E-state index in [0.29, 0.717) is 6.61 Å². The Kier molecular flexibility index (Phi) is 10.1. The molecule has 0 amide bonds. The van der Waals surface area contributed by atoms with Crippen LogP contribution < -0.4 is 4.74 Å². The van der Waals surface area contributed by atoms with Crippen LogP contribution in [0.5, 0.6) is 5.75 Å². The van der Waals surface area contributed by atoms with E-state index in [1.54, 1.807) is 7.11 Å². The van der Waals surface area contributed by atoms with E-state index in [-0.39, 0.29) is 6.10 Å². The molecule has 0 saturated carbocycles. The van der Waals surface area contributed by atoms with Crippen LogP contribution >= 0.6 is 0 Å². The highest BCUT2D eigenvalue weighted by atomic mass is 16.5. The number of benzene rings is 1. The highest BCUT2D eigenvalue weighted by Gasteiger charge is 1.95. The summed E-state index contributed by atoms with van der Waals surface area (Å²) in [5, 5.41) is 9.39. The topological polar surface area (TPSA) is 38.7 Å². The van der Waals surface area contributed by atoms with Gasteiger partial charge in [0, 0.05) is 0 Å². The Labute approximate surface area is 134 Å². The molecule has 0 heterocycles. The normalized spacial score (nSPS) is 13.0. The fourth-order valence-corrected chi connectivity index (χ4v) is 1.87. The molecular weight excluding hydrogens is 276 g/mol. The molecule has 122 valence electrons. The summed E-state index contributed by atoms with van der Waals surface area (Å²) < 4.78 is 10.7. The predicted molar refractivity (Wildman–Crippen MR) is 91.1 cm³/mol. The minimum Gasteiger partial charge on any atom is -0.497 e. The number of hydrogen-bond acceptors (Lipinski definition) is 3. The predicted octanol–water partition coefficient (Wildman–Crippen LogP) is 4.27. The smallest absolute Gasteiger partial charge is 0.118 e. The van der Waals surface area contributed by atoms with Crippen molar-refractivity contribution in [2.45, 2.75) is 45.3 Å². The van der Waals surface area contributed by atoms with Crippen LogP contribution in [-0.2, 0) is 11.3 Å². The summed E-state index contributed by atoms with van der Waals surface area (Å²) in [6.07, 6.45) is 11.6.